The van der Waals surface area contributed by atoms with E-state index in [-0.39, 0.29) is 23.3 Å². The number of halogens is 1. The SMILES string of the molecule is O=c1[nH]nc2c3c(cccc13)NC(c1ccc3ncccc3c1)C2c1ccc(F)cc1. The summed E-state index contributed by atoms with van der Waals surface area (Å²) in [6.07, 6.45) is 1.78. The van der Waals surface area contributed by atoms with Crippen LogP contribution in [-0.2, 0) is 0 Å². The Labute approximate surface area is 176 Å². The maximum atomic E-state index is 13.7. The van der Waals surface area contributed by atoms with Crippen LogP contribution in [0, 0.1) is 5.82 Å². The van der Waals surface area contributed by atoms with Crippen molar-refractivity contribution in [3.8, 4) is 0 Å². The summed E-state index contributed by atoms with van der Waals surface area (Å²) in [6.45, 7) is 0. The molecule has 0 spiro atoms. The molecule has 6 rings (SSSR count). The molecule has 0 aliphatic carbocycles. The molecular formula is C25H17FN4O. The molecule has 5 nitrogen and oxygen atoms in total. The third-order valence-corrected chi connectivity index (χ3v) is 6.00. The number of hydrogen-bond donors (Lipinski definition) is 2. The van der Waals surface area contributed by atoms with Gasteiger partial charge in [0, 0.05) is 22.7 Å². The van der Waals surface area contributed by atoms with Crippen molar-refractivity contribution in [2.45, 2.75) is 12.0 Å². The van der Waals surface area contributed by atoms with Crippen LogP contribution in [0.1, 0.15) is 28.8 Å². The molecule has 5 aromatic rings. The summed E-state index contributed by atoms with van der Waals surface area (Å²) in [6, 6.07) is 22.1. The van der Waals surface area contributed by atoms with Crippen LogP contribution in [0.2, 0.25) is 0 Å². The lowest BCUT2D eigenvalue weighted by atomic mass is 9.80. The van der Waals surface area contributed by atoms with E-state index in [2.05, 4.69) is 32.6 Å². The number of fused-ring (bicyclic) bond motifs is 1. The predicted molar refractivity (Wildman–Crippen MR) is 119 cm³/mol. The number of benzene rings is 3. The maximum absolute atomic E-state index is 13.7. The Bertz CT molecular complexity index is 1510. The van der Waals surface area contributed by atoms with E-state index in [4.69, 9.17) is 0 Å². The number of anilines is 1. The fourth-order valence-corrected chi connectivity index (χ4v) is 4.58. The molecule has 150 valence electrons. The zero-order valence-corrected chi connectivity index (χ0v) is 16.3. The maximum Gasteiger partial charge on any atom is 0.272 e. The second-order valence-electron chi connectivity index (χ2n) is 7.77. The van der Waals surface area contributed by atoms with E-state index in [9.17, 15) is 9.18 Å². The van der Waals surface area contributed by atoms with Crippen molar-refractivity contribution in [2.75, 3.05) is 5.32 Å². The quantitative estimate of drug-likeness (QED) is 0.435. The average Bonchev–Trinajstić information content (AvgIpc) is 2.81. The van der Waals surface area contributed by atoms with Crippen molar-refractivity contribution >= 4 is 27.4 Å². The highest BCUT2D eigenvalue weighted by Gasteiger charge is 2.34. The van der Waals surface area contributed by atoms with Crippen LogP contribution in [0.3, 0.4) is 0 Å². The Morgan fingerprint density at radius 1 is 0.903 bits per heavy atom. The van der Waals surface area contributed by atoms with Crippen LogP contribution >= 0.6 is 0 Å². The molecule has 0 amide bonds. The Hall–Kier alpha value is -4.06. The molecule has 2 aromatic heterocycles. The van der Waals surface area contributed by atoms with E-state index >= 15 is 0 Å². The number of rotatable bonds is 2. The van der Waals surface area contributed by atoms with Crippen molar-refractivity contribution in [1.82, 2.24) is 15.2 Å². The molecular weight excluding hydrogens is 391 g/mol. The Balaban J connectivity index is 1.62. The number of nitrogens with one attached hydrogen (secondary N) is 2. The van der Waals surface area contributed by atoms with Gasteiger partial charge in [-0.25, -0.2) is 9.49 Å². The summed E-state index contributed by atoms with van der Waals surface area (Å²) < 4.78 is 13.7. The van der Waals surface area contributed by atoms with Crippen molar-refractivity contribution in [3.63, 3.8) is 0 Å². The van der Waals surface area contributed by atoms with Crippen molar-refractivity contribution in [2.24, 2.45) is 0 Å². The van der Waals surface area contributed by atoms with Gasteiger partial charge in [-0.05, 0) is 53.6 Å². The summed E-state index contributed by atoms with van der Waals surface area (Å²) in [5, 5.41) is 13.2. The second-order valence-corrected chi connectivity index (χ2v) is 7.77. The molecule has 3 aromatic carbocycles. The molecule has 0 fully saturated rings. The molecule has 2 unspecified atom stereocenters. The van der Waals surface area contributed by atoms with Crippen LogP contribution in [0.25, 0.3) is 21.7 Å². The summed E-state index contributed by atoms with van der Waals surface area (Å²) in [5.74, 6) is -0.509. The van der Waals surface area contributed by atoms with Gasteiger partial charge in [-0.2, -0.15) is 5.10 Å². The predicted octanol–water partition coefficient (Wildman–Crippen LogP) is 4.91. The zero-order chi connectivity index (χ0) is 20.9. The van der Waals surface area contributed by atoms with Gasteiger partial charge >= 0.3 is 0 Å². The number of aromatic amines is 1. The van der Waals surface area contributed by atoms with Crippen LogP contribution in [0.4, 0.5) is 10.1 Å². The Kier molecular flexibility index (Phi) is 3.86. The lowest BCUT2D eigenvalue weighted by molar-refractivity contribution is 0.616. The lowest BCUT2D eigenvalue weighted by Crippen LogP contribution is -2.28. The lowest BCUT2D eigenvalue weighted by Gasteiger charge is -2.34. The summed E-state index contributed by atoms with van der Waals surface area (Å²) >= 11 is 0. The number of nitrogens with zero attached hydrogens (tertiary/aromatic N) is 2. The van der Waals surface area contributed by atoms with Gasteiger partial charge in [0.25, 0.3) is 5.56 Å². The number of aromatic nitrogens is 3. The third-order valence-electron chi connectivity index (χ3n) is 6.00. The summed E-state index contributed by atoms with van der Waals surface area (Å²) in [4.78, 5) is 16.8. The largest absolute Gasteiger partial charge is 0.377 e. The molecule has 1 aliphatic heterocycles. The molecule has 6 heteroatoms. The first-order chi connectivity index (χ1) is 15.2. The highest BCUT2D eigenvalue weighted by atomic mass is 19.1. The first-order valence-electron chi connectivity index (χ1n) is 10.1. The van der Waals surface area contributed by atoms with Crippen molar-refractivity contribution < 1.29 is 4.39 Å². The molecule has 0 radical (unpaired) electrons. The highest BCUT2D eigenvalue weighted by Crippen LogP contribution is 2.46. The molecule has 3 heterocycles. The number of hydrogen-bond acceptors (Lipinski definition) is 4. The first kappa shape index (κ1) is 17.8. The topological polar surface area (TPSA) is 70.7 Å². The van der Waals surface area contributed by atoms with Crippen LogP contribution < -0.4 is 10.9 Å². The van der Waals surface area contributed by atoms with Gasteiger partial charge in [0.05, 0.1) is 28.6 Å². The fourth-order valence-electron chi connectivity index (χ4n) is 4.58. The van der Waals surface area contributed by atoms with Gasteiger partial charge in [0.1, 0.15) is 5.82 Å². The molecule has 1 aliphatic rings. The highest BCUT2D eigenvalue weighted by molar-refractivity contribution is 5.97. The van der Waals surface area contributed by atoms with Crippen LogP contribution in [-0.4, -0.2) is 15.2 Å². The Morgan fingerprint density at radius 3 is 2.61 bits per heavy atom. The fraction of sp³-hybridized carbons (Fsp3) is 0.0800. The first-order valence-corrected chi connectivity index (χ1v) is 10.1. The van der Waals surface area contributed by atoms with Crippen molar-refractivity contribution in [3.05, 3.63) is 112 Å². The molecule has 0 bridgehead atoms. The van der Waals surface area contributed by atoms with Gasteiger partial charge in [-0.15, -0.1) is 0 Å². The number of pyridine rings is 1. The zero-order valence-electron chi connectivity index (χ0n) is 16.3. The smallest absolute Gasteiger partial charge is 0.272 e. The second kappa shape index (κ2) is 6.74. The molecule has 31 heavy (non-hydrogen) atoms. The minimum absolute atomic E-state index is 0.161. The normalized spacial score (nSPS) is 17.6. The Morgan fingerprint density at radius 2 is 1.74 bits per heavy atom. The summed E-state index contributed by atoms with van der Waals surface area (Å²) in [5.41, 5.74) is 4.31. The van der Waals surface area contributed by atoms with E-state index in [0.717, 1.165) is 38.8 Å². The van der Waals surface area contributed by atoms with Gasteiger partial charge in [-0.1, -0.05) is 30.3 Å². The van der Waals surface area contributed by atoms with E-state index in [1.54, 1.807) is 24.4 Å². The summed E-state index contributed by atoms with van der Waals surface area (Å²) in [7, 11) is 0. The van der Waals surface area contributed by atoms with Crippen LogP contribution in [0.5, 0.6) is 0 Å². The molecule has 0 saturated heterocycles. The van der Waals surface area contributed by atoms with Gasteiger partial charge < -0.3 is 5.32 Å². The monoisotopic (exact) mass is 408 g/mol. The molecule has 2 atom stereocenters. The minimum atomic E-state index is -0.291. The minimum Gasteiger partial charge on any atom is -0.377 e. The van der Waals surface area contributed by atoms with Gasteiger partial charge in [-0.3, -0.25) is 9.78 Å². The van der Waals surface area contributed by atoms with E-state index in [1.807, 2.05) is 30.3 Å². The van der Waals surface area contributed by atoms with Crippen LogP contribution in [0.15, 0.2) is 83.8 Å². The van der Waals surface area contributed by atoms with E-state index in [1.165, 1.54) is 12.1 Å². The van der Waals surface area contributed by atoms with Gasteiger partial charge in [0.2, 0.25) is 0 Å². The van der Waals surface area contributed by atoms with Crippen molar-refractivity contribution in [1.29, 1.82) is 0 Å². The third kappa shape index (κ3) is 2.79. The van der Waals surface area contributed by atoms with E-state index in [0.29, 0.717) is 5.39 Å². The van der Waals surface area contributed by atoms with E-state index < -0.39 is 0 Å². The number of H-pyrrole nitrogens is 1. The molecule has 2 N–H and O–H groups in total. The molecule has 0 saturated carbocycles. The standard InChI is InChI=1S/C25H17FN4O/c26-17-9-6-14(7-10-17)21-23(16-8-11-19-15(13-16)3-2-12-27-19)28-20-5-1-4-18-22(20)24(21)29-30-25(18)31/h1-13,21,23,28H,(H,30,31). The van der Waals surface area contributed by atoms with Gasteiger partial charge in [0.15, 0.2) is 0 Å². The average molecular weight is 408 g/mol.